The average molecular weight is 159 g/mol. The summed E-state index contributed by atoms with van der Waals surface area (Å²) >= 11 is 0. The van der Waals surface area contributed by atoms with Gasteiger partial charge in [0.2, 0.25) is 0 Å². The molecule has 0 atom stereocenters. The predicted molar refractivity (Wildman–Crippen MR) is 48.3 cm³/mol. The minimum Gasteiger partial charge on any atom is -0.298 e. The third-order valence-electron chi connectivity index (χ3n) is 2.00. The molecule has 0 fully saturated rings. The highest BCUT2D eigenvalue weighted by atomic mass is 16.1. The Kier molecular flexibility index (Phi) is 1.54. The molecule has 0 unspecified atom stereocenters. The van der Waals surface area contributed by atoms with E-state index in [0.29, 0.717) is 5.56 Å². The third kappa shape index (κ3) is 1.05. The molecule has 1 aliphatic heterocycles. The predicted octanol–water partition coefficient (Wildman–Crippen LogP) is 2.15. The fraction of sp³-hybridized carbons (Fsp3) is 0.200. The van der Waals surface area contributed by atoms with Crippen LogP contribution in [-0.4, -0.2) is 12.0 Å². The van der Waals surface area contributed by atoms with E-state index in [1.807, 2.05) is 25.1 Å². The number of aldehydes is 1. The first kappa shape index (κ1) is 7.22. The Hall–Kier alpha value is -1.44. The van der Waals surface area contributed by atoms with Crippen molar-refractivity contribution in [2.75, 3.05) is 0 Å². The van der Waals surface area contributed by atoms with E-state index in [1.54, 1.807) is 0 Å². The zero-order valence-electron chi connectivity index (χ0n) is 6.87. The van der Waals surface area contributed by atoms with Gasteiger partial charge < -0.3 is 0 Å². The van der Waals surface area contributed by atoms with Crippen LogP contribution in [0.4, 0.5) is 5.69 Å². The molecule has 2 heteroatoms. The normalized spacial score (nSPS) is 13.9. The number of carbonyl (C=O) groups is 1. The Morgan fingerprint density at radius 2 is 2.33 bits per heavy atom. The van der Waals surface area contributed by atoms with Crippen molar-refractivity contribution in [1.82, 2.24) is 0 Å². The third-order valence-corrected chi connectivity index (χ3v) is 2.00. The van der Waals surface area contributed by atoms with Crippen LogP contribution in [0.2, 0.25) is 0 Å². The van der Waals surface area contributed by atoms with Crippen LogP contribution >= 0.6 is 0 Å². The summed E-state index contributed by atoms with van der Waals surface area (Å²) < 4.78 is 0. The maximum Gasteiger partial charge on any atom is 0.150 e. The van der Waals surface area contributed by atoms with Crippen molar-refractivity contribution in [2.45, 2.75) is 13.3 Å². The fourth-order valence-corrected chi connectivity index (χ4v) is 1.43. The summed E-state index contributed by atoms with van der Waals surface area (Å²) in [6, 6.07) is 5.64. The van der Waals surface area contributed by atoms with Crippen molar-refractivity contribution < 1.29 is 4.79 Å². The Morgan fingerprint density at radius 1 is 1.50 bits per heavy atom. The van der Waals surface area contributed by atoms with Crippen LogP contribution in [-0.2, 0) is 6.42 Å². The first-order chi connectivity index (χ1) is 5.79. The molecule has 60 valence electrons. The number of hydrogen-bond donors (Lipinski definition) is 0. The van der Waals surface area contributed by atoms with Gasteiger partial charge in [-0.15, -0.1) is 0 Å². The molecule has 0 amide bonds. The minimum absolute atomic E-state index is 0.701. The lowest BCUT2D eigenvalue weighted by Gasteiger charge is -1.95. The smallest absolute Gasteiger partial charge is 0.150 e. The molecular formula is C10H9NO. The molecular weight excluding hydrogens is 150 g/mol. The SMILES string of the molecule is CC1=Nc2cc(C=O)ccc2C1. The summed E-state index contributed by atoms with van der Waals surface area (Å²) in [5.74, 6) is 0. The maximum atomic E-state index is 10.4. The highest BCUT2D eigenvalue weighted by Gasteiger charge is 2.10. The van der Waals surface area contributed by atoms with Crippen LogP contribution in [0.25, 0.3) is 0 Å². The summed E-state index contributed by atoms with van der Waals surface area (Å²) in [6.07, 6.45) is 1.78. The van der Waals surface area contributed by atoms with E-state index in [2.05, 4.69) is 4.99 Å². The van der Waals surface area contributed by atoms with Crippen LogP contribution in [0.3, 0.4) is 0 Å². The van der Waals surface area contributed by atoms with Gasteiger partial charge >= 0.3 is 0 Å². The van der Waals surface area contributed by atoms with E-state index in [4.69, 9.17) is 0 Å². The van der Waals surface area contributed by atoms with Crippen molar-refractivity contribution in [3.05, 3.63) is 29.3 Å². The molecule has 2 rings (SSSR count). The molecule has 2 nitrogen and oxygen atoms in total. The lowest BCUT2D eigenvalue weighted by molar-refractivity contribution is 0.112. The quantitative estimate of drug-likeness (QED) is 0.577. The minimum atomic E-state index is 0.701. The zero-order chi connectivity index (χ0) is 8.55. The van der Waals surface area contributed by atoms with Gasteiger partial charge in [0.15, 0.2) is 0 Å². The molecule has 0 aliphatic carbocycles. The van der Waals surface area contributed by atoms with Crippen molar-refractivity contribution in [3.63, 3.8) is 0 Å². The Morgan fingerprint density at radius 3 is 3.08 bits per heavy atom. The van der Waals surface area contributed by atoms with Gasteiger partial charge in [-0.25, -0.2) is 0 Å². The summed E-state index contributed by atoms with van der Waals surface area (Å²) in [7, 11) is 0. The molecule has 0 N–H and O–H groups in total. The second kappa shape index (κ2) is 2.55. The Bertz CT molecular complexity index is 366. The molecule has 0 aromatic heterocycles. The number of rotatable bonds is 1. The lowest BCUT2D eigenvalue weighted by Crippen LogP contribution is -1.88. The molecule has 0 radical (unpaired) electrons. The van der Waals surface area contributed by atoms with Gasteiger partial charge in [0.25, 0.3) is 0 Å². The molecule has 0 bridgehead atoms. The van der Waals surface area contributed by atoms with E-state index >= 15 is 0 Å². The summed E-state index contributed by atoms with van der Waals surface area (Å²) in [5.41, 5.74) is 4.00. The van der Waals surface area contributed by atoms with Crippen molar-refractivity contribution in [3.8, 4) is 0 Å². The Labute approximate surface area is 70.9 Å². The van der Waals surface area contributed by atoms with Crippen molar-refractivity contribution in [2.24, 2.45) is 4.99 Å². The number of aliphatic imine (C=N–C) groups is 1. The summed E-state index contributed by atoms with van der Waals surface area (Å²) in [6.45, 7) is 2.00. The summed E-state index contributed by atoms with van der Waals surface area (Å²) in [5, 5.41) is 0. The number of benzene rings is 1. The van der Waals surface area contributed by atoms with Crippen LogP contribution in [0, 0.1) is 0 Å². The standard InChI is InChI=1S/C10H9NO/c1-7-4-9-3-2-8(6-12)5-10(9)11-7/h2-3,5-6H,4H2,1H3. The van der Waals surface area contributed by atoms with Gasteiger partial charge in [0.1, 0.15) is 6.29 Å². The monoisotopic (exact) mass is 159 g/mol. The van der Waals surface area contributed by atoms with Crippen LogP contribution in [0.1, 0.15) is 22.8 Å². The second-order valence-electron chi connectivity index (χ2n) is 3.03. The van der Waals surface area contributed by atoms with Crippen LogP contribution in [0.15, 0.2) is 23.2 Å². The highest BCUT2D eigenvalue weighted by Crippen LogP contribution is 2.26. The van der Waals surface area contributed by atoms with Gasteiger partial charge in [-0.2, -0.15) is 0 Å². The molecule has 1 heterocycles. The second-order valence-corrected chi connectivity index (χ2v) is 3.03. The number of nitrogens with zero attached hydrogens (tertiary/aromatic N) is 1. The fourth-order valence-electron chi connectivity index (χ4n) is 1.43. The van der Waals surface area contributed by atoms with E-state index < -0.39 is 0 Å². The highest BCUT2D eigenvalue weighted by molar-refractivity contribution is 5.93. The average Bonchev–Trinajstić information content (AvgIpc) is 2.43. The molecule has 0 saturated heterocycles. The van der Waals surface area contributed by atoms with Crippen molar-refractivity contribution >= 4 is 17.7 Å². The molecule has 1 aromatic carbocycles. The molecule has 0 spiro atoms. The van der Waals surface area contributed by atoms with Crippen molar-refractivity contribution in [1.29, 1.82) is 0 Å². The molecule has 0 saturated carbocycles. The first-order valence-electron chi connectivity index (χ1n) is 3.92. The Balaban J connectivity index is 2.51. The van der Waals surface area contributed by atoms with Gasteiger partial charge in [0, 0.05) is 17.7 Å². The van der Waals surface area contributed by atoms with Gasteiger partial charge in [-0.05, 0) is 18.6 Å². The van der Waals surface area contributed by atoms with Gasteiger partial charge in [-0.3, -0.25) is 9.79 Å². The van der Waals surface area contributed by atoms with E-state index in [9.17, 15) is 4.79 Å². The summed E-state index contributed by atoms with van der Waals surface area (Å²) in [4.78, 5) is 14.8. The van der Waals surface area contributed by atoms with Gasteiger partial charge in [-0.1, -0.05) is 12.1 Å². The van der Waals surface area contributed by atoms with Gasteiger partial charge in [0.05, 0.1) is 5.69 Å². The van der Waals surface area contributed by atoms with Crippen LogP contribution in [0.5, 0.6) is 0 Å². The molecule has 12 heavy (non-hydrogen) atoms. The van der Waals surface area contributed by atoms with E-state index in [1.165, 1.54) is 5.56 Å². The van der Waals surface area contributed by atoms with Crippen LogP contribution < -0.4 is 0 Å². The lowest BCUT2D eigenvalue weighted by atomic mass is 10.1. The first-order valence-corrected chi connectivity index (χ1v) is 3.92. The zero-order valence-corrected chi connectivity index (χ0v) is 6.87. The maximum absolute atomic E-state index is 10.4. The number of fused-ring (bicyclic) bond motifs is 1. The van der Waals surface area contributed by atoms with E-state index in [0.717, 1.165) is 24.1 Å². The molecule has 1 aliphatic rings. The largest absolute Gasteiger partial charge is 0.298 e. The topological polar surface area (TPSA) is 29.4 Å². The number of carbonyl (C=O) groups excluding carboxylic acids is 1. The molecule has 1 aromatic rings. The van der Waals surface area contributed by atoms with E-state index in [-0.39, 0.29) is 0 Å². The number of hydrogen-bond acceptors (Lipinski definition) is 2.